The molecule has 0 saturated carbocycles. The van der Waals surface area contributed by atoms with Crippen molar-refractivity contribution >= 4 is 24.3 Å². The molecule has 0 aromatic heterocycles. The molecule has 1 saturated heterocycles. The van der Waals surface area contributed by atoms with Gasteiger partial charge in [0.05, 0.1) is 19.2 Å². The van der Waals surface area contributed by atoms with Crippen LogP contribution in [0.2, 0.25) is 0 Å². The van der Waals surface area contributed by atoms with Crippen molar-refractivity contribution in [2.24, 2.45) is 0 Å². The highest BCUT2D eigenvalue weighted by Crippen LogP contribution is 2.24. The zero-order valence-corrected chi connectivity index (χ0v) is 16.3. The number of nitrogens with zero attached hydrogens (tertiary/aromatic N) is 1. The summed E-state index contributed by atoms with van der Waals surface area (Å²) < 4.78 is 10.2. The molecule has 0 bridgehead atoms. The van der Waals surface area contributed by atoms with E-state index in [1.165, 1.54) is 7.11 Å². The molecule has 6 heteroatoms. The van der Waals surface area contributed by atoms with Crippen LogP contribution in [0.15, 0.2) is 54.6 Å². The fourth-order valence-electron chi connectivity index (χ4n) is 3.22. The largest absolute Gasteiger partial charge is 0.465 e. The monoisotopic (exact) mass is 389 g/mol. The highest BCUT2D eigenvalue weighted by molar-refractivity contribution is 5.89. The number of rotatable bonds is 5. The molecular weight excluding hydrogens is 366 g/mol. The Balaban J connectivity index is 0.00000261. The molecule has 0 aliphatic carbocycles. The molecule has 0 amide bonds. The SMILES string of the molecule is COC(=O)c1ccc(CC(C)N2CC(=O)OC(c3ccccc3)C2)cc1.Cl. The van der Waals surface area contributed by atoms with Crippen LogP contribution in [0, 0.1) is 0 Å². The molecule has 1 fully saturated rings. The van der Waals surface area contributed by atoms with Crippen LogP contribution in [0.4, 0.5) is 0 Å². The maximum absolute atomic E-state index is 12.1. The maximum Gasteiger partial charge on any atom is 0.337 e. The van der Waals surface area contributed by atoms with Crippen molar-refractivity contribution in [3.05, 3.63) is 71.3 Å². The first-order chi connectivity index (χ1) is 12.6. The minimum atomic E-state index is -0.339. The predicted octanol–water partition coefficient (Wildman–Crippen LogP) is 3.43. The number of ether oxygens (including phenoxy) is 2. The summed E-state index contributed by atoms with van der Waals surface area (Å²) in [7, 11) is 1.37. The van der Waals surface area contributed by atoms with Gasteiger partial charge < -0.3 is 9.47 Å². The summed E-state index contributed by atoms with van der Waals surface area (Å²) >= 11 is 0. The third-order valence-corrected chi connectivity index (χ3v) is 4.71. The van der Waals surface area contributed by atoms with Gasteiger partial charge in [0.2, 0.25) is 0 Å². The number of hydrogen-bond donors (Lipinski definition) is 0. The molecule has 2 atom stereocenters. The molecule has 1 aliphatic rings. The molecule has 5 nitrogen and oxygen atoms in total. The number of methoxy groups -OCH3 is 1. The van der Waals surface area contributed by atoms with E-state index >= 15 is 0 Å². The number of cyclic esters (lactones) is 1. The molecule has 144 valence electrons. The van der Waals surface area contributed by atoms with Gasteiger partial charge in [-0.15, -0.1) is 12.4 Å². The summed E-state index contributed by atoms with van der Waals surface area (Å²) in [5.74, 6) is -0.535. The summed E-state index contributed by atoms with van der Waals surface area (Å²) in [6, 6.07) is 17.4. The molecule has 0 N–H and O–H groups in total. The molecule has 1 heterocycles. The Morgan fingerprint density at radius 3 is 2.48 bits per heavy atom. The zero-order chi connectivity index (χ0) is 18.5. The summed E-state index contributed by atoms with van der Waals surface area (Å²) in [6.07, 6.45) is 0.553. The van der Waals surface area contributed by atoms with Gasteiger partial charge in [-0.25, -0.2) is 4.79 Å². The molecule has 0 radical (unpaired) electrons. The minimum Gasteiger partial charge on any atom is -0.465 e. The normalized spacial score (nSPS) is 18.1. The van der Waals surface area contributed by atoms with Crippen LogP contribution in [-0.4, -0.2) is 43.1 Å². The van der Waals surface area contributed by atoms with E-state index in [1.807, 2.05) is 42.5 Å². The van der Waals surface area contributed by atoms with Crippen molar-refractivity contribution < 1.29 is 19.1 Å². The third-order valence-electron chi connectivity index (χ3n) is 4.71. The fourth-order valence-corrected chi connectivity index (χ4v) is 3.22. The zero-order valence-electron chi connectivity index (χ0n) is 15.5. The molecular formula is C21H24ClNO4. The van der Waals surface area contributed by atoms with Crippen molar-refractivity contribution in [3.8, 4) is 0 Å². The van der Waals surface area contributed by atoms with Crippen molar-refractivity contribution in [1.82, 2.24) is 4.90 Å². The standard InChI is InChI=1S/C21H23NO4.ClH/c1-15(12-16-8-10-18(11-9-16)21(24)25-2)22-13-19(26-20(23)14-22)17-6-4-3-5-7-17;/h3-11,15,19H,12-14H2,1-2H3;1H. The number of benzene rings is 2. The molecule has 3 rings (SSSR count). The maximum atomic E-state index is 12.1. The number of esters is 2. The van der Waals surface area contributed by atoms with Crippen LogP contribution in [0.5, 0.6) is 0 Å². The van der Waals surface area contributed by atoms with Crippen LogP contribution in [0.1, 0.15) is 34.5 Å². The second-order valence-corrected chi connectivity index (χ2v) is 6.56. The lowest BCUT2D eigenvalue weighted by Gasteiger charge is -2.36. The summed E-state index contributed by atoms with van der Waals surface area (Å²) in [4.78, 5) is 25.7. The molecule has 2 unspecified atom stereocenters. The Kier molecular flexibility index (Phi) is 7.39. The highest BCUT2D eigenvalue weighted by atomic mass is 35.5. The van der Waals surface area contributed by atoms with Crippen LogP contribution in [-0.2, 0) is 20.7 Å². The minimum absolute atomic E-state index is 0. The van der Waals surface area contributed by atoms with Gasteiger partial charge >= 0.3 is 11.9 Å². The molecule has 2 aromatic carbocycles. The van der Waals surface area contributed by atoms with Crippen LogP contribution in [0.3, 0.4) is 0 Å². The predicted molar refractivity (Wildman–Crippen MR) is 105 cm³/mol. The van der Waals surface area contributed by atoms with E-state index in [9.17, 15) is 9.59 Å². The molecule has 1 aliphatic heterocycles. The Morgan fingerprint density at radius 2 is 1.85 bits per heavy atom. The number of carbonyl (C=O) groups is 2. The molecule has 0 spiro atoms. The fraction of sp³-hybridized carbons (Fsp3) is 0.333. The van der Waals surface area contributed by atoms with Gasteiger partial charge in [-0.1, -0.05) is 42.5 Å². The summed E-state index contributed by atoms with van der Waals surface area (Å²) in [5, 5.41) is 0. The van der Waals surface area contributed by atoms with Crippen LogP contribution < -0.4 is 0 Å². The quantitative estimate of drug-likeness (QED) is 0.733. The smallest absolute Gasteiger partial charge is 0.337 e. The second-order valence-electron chi connectivity index (χ2n) is 6.56. The highest BCUT2D eigenvalue weighted by Gasteiger charge is 2.30. The van der Waals surface area contributed by atoms with Crippen molar-refractivity contribution in [1.29, 1.82) is 0 Å². The Bertz CT molecular complexity index is 764. The summed E-state index contributed by atoms with van der Waals surface area (Å²) in [5.41, 5.74) is 2.66. The van der Waals surface area contributed by atoms with Crippen molar-refractivity contribution in [2.45, 2.75) is 25.5 Å². The average molecular weight is 390 g/mol. The first-order valence-electron chi connectivity index (χ1n) is 8.72. The van der Waals surface area contributed by atoms with Gasteiger partial charge in [0.25, 0.3) is 0 Å². The van der Waals surface area contributed by atoms with Gasteiger partial charge in [-0.3, -0.25) is 9.69 Å². The number of carbonyl (C=O) groups excluding carboxylic acids is 2. The lowest BCUT2D eigenvalue weighted by Crippen LogP contribution is -2.46. The molecule has 2 aromatic rings. The van der Waals surface area contributed by atoms with E-state index in [2.05, 4.69) is 11.8 Å². The van der Waals surface area contributed by atoms with Gasteiger partial charge in [0.15, 0.2) is 0 Å². The third kappa shape index (κ3) is 5.31. The van der Waals surface area contributed by atoms with Crippen molar-refractivity contribution in [3.63, 3.8) is 0 Å². The van der Waals surface area contributed by atoms with E-state index in [-0.39, 0.29) is 36.5 Å². The van der Waals surface area contributed by atoms with E-state index in [0.29, 0.717) is 18.7 Å². The number of halogens is 1. The van der Waals surface area contributed by atoms with Gasteiger partial charge in [0, 0.05) is 12.6 Å². The Hall–Kier alpha value is -2.37. The van der Waals surface area contributed by atoms with Gasteiger partial charge in [-0.05, 0) is 36.6 Å². The lowest BCUT2D eigenvalue weighted by atomic mass is 10.0. The van der Waals surface area contributed by atoms with Crippen LogP contribution in [0.25, 0.3) is 0 Å². The van der Waals surface area contributed by atoms with Crippen LogP contribution >= 0.6 is 12.4 Å². The number of morpholine rings is 1. The number of hydrogen-bond acceptors (Lipinski definition) is 5. The van der Waals surface area contributed by atoms with E-state index in [0.717, 1.165) is 17.5 Å². The van der Waals surface area contributed by atoms with Crippen molar-refractivity contribution in [2.75, 3.05) is 20.2 Å². The van der Waals surface area contributed by atoms with E-state index in [4.69, 9.17) is 9.47 Å². The topological polar surface area (TPSA) is 55.8 Å². The van der Waals surface area contributed by atoms with E-state index < -0.39 is 0 Å². The van der Waals surface area contributed by atoms with Gasteiger partial charge in [0.1, 0.15) is 6.10 Å². The van der Waals surface area contributed by atoms with Gasteiger partial charge in [-0.2, -0.15) is 0 Å². The summed E-state index contributed by atoms with van der Waals surface area (Å²) in [6.45, 7) is 3.08. The first-order valence-corrected chi connectivity index (χ1v) is 8.72. The average Bonchev–Trinajstić information content (AvgIpc) is 2.68. The van der Waals surface area contributed by atoms with E-state index in [1.54, 1.807) is 12.1 Å². The first kappa shape index (κ1) is 20.9. The Labute approximate surface area is 165 Å². The second kappa shape index (κ2) is 9.53. The lowest BCUT2D eigenvalue weighted by molar-refractivity contribution is -0.160. The Morgan fingerprint density at radius 1 is 1.19 bits per heavy atom. The molecule has 27 heavy (non-hydrogen) atoms.